The molecule has 0 saturated carbocycles. The second kappa shape index (κ2) is 5.13. The summed E-state index contributed by atoms with van der Waals surface area (Å²) in [5.74, 6) is 0. The monoisotopic (exact) mass is 283 g/mol. The fourth-order valence-corrected chi connectivity index (χ4v) is 3.15. The molecule has 0 bridgehead atoms. The number of nitrogens with zero attached hydrogens (tertiary/aromatic N) is 2. The number of hydrogen-bond donors (Lipinski definition) is 1. The van der Waals surface area contributed by atoms with Crippen molar-refractivity contribution in [1.82, 2.24) is 4.98 Å². The van der Waals surface area contributed by atoms with Crippen molar-refractivity contribution in [2.75, 3.05) is 24.3 Å². The number of aromatic nitrogens is 1. The molecule has 0 aliphatic rings. The van der Waals surface area contributed by atoms with E-state index in [2.05, 4.69) is 52.5 Å². The predicted octanol–water partition coefficient (Wildman–Crippen LogP) is 4.41. The third-order valence-electron chi connectivity index (χ3n) is 3.17. The first kappa shape index (κ1) is 12.9. The molecule has 2 aromatic carbocycles. The third-order valence-corrected chi connectivity index (χ3v) is 4.10. The molecule has 3 aromatic rings. The highest BCUT2D eigenvalue weighted by atomic mass is 32.1. The molecule has 3 nitrogen and oxygen atoms in total. The van der Waals surface area contributed by atoms with Crippen LogP contribution in [0.1, 0.15) is 5.56 Å². The first-order valence-corrected chi connectivity index (χ1v) is 7.36. The van der Waals surface area contributed by atoms with Gasteiger partial charge in [-0.1, -0.05) is 29.5 Å². The molecule has 0 saturated heterocycles. The number of hydrogen-bond acceptors (Lipinski definition) is 4. The van der Waals surface area contributed by atoms with Crippen molar-refractivity contribution in [2.45, 2.75) is 6.92 Å². The van der Waals surface area contributed by atoms with Crippen molar-refractivity contribution >= 4 is 38.1 Å². The largest absolute Gasteiger partial charge is 0.376 e. The standard InChI is InChI=1S/C16H17N3S/c1-11-8-9-13-15(10-11)20-16(18-13)17-12-6-4-5-7-14(12)19(2)3/h4-10H,1-3H3,(H,17,18). The maximum Gasteiger partial charge on any atom is 0.188 e. The lowest BCUT2D eigenvalue weighted by Crippen LogP contribution is -2.10. The lowest BCUT2D eigenvalue weighted by atomic mass is 10.2. The van der Waals surface area contributed by atoms with Gasteiger partial charge in [-0.2, -0.15) is 0 Å². The molecule has 0 unspecified atom stereocenters. The highest BCUT2D eigenvalue weighted by Gasteiger charge is 2.07. The molecule has 0 aliphatic carbocycles. The van der Waals surface area contributed by atoms with Crippen LogP contribution in [-0.2, 0) is 0 Å². The number of nitrogens with one attached hydrogen (secondary N) is 1. The van der Waals surface area contributed by atoms with Crippen LogP contribution in [0.15, 0.2) is 42.5 Å². The molecule has 0 amide bonds. The molecule has 1 heterocycles. The van der Waals surface area contributed by atoms with Crippen LogP contribution < -0.4 is 10.2 Å². The van der Waals surface area contributed by atoms with E-state index in [0.29, 0.717) is 0 Å². The van der Waals surface area contributed by atoms with Crippen LogP contribution in [0.4, 0.5) is 16.5 Å². The molecule has 1 N–H and O–H groups in total. The van der Waals surface area contributed by atoms with Crippen LogP contribution in [0.25, 0.3) is 10.2 Å². The van der Waals surface area contributed by atoms with Gasteiger partial charge in [-0.15, -0.1) is 0 Å². The van der Waals surface area contributed by atoms with Crippen LogP contribution in [-0.4, -0.2) is 19.1 Å². The number of para-hydroxylation sites is 2. The van der Waals surface area contributed by atoms with Gasteiger partial charge in [0.1, 0.15) is 0 Å². The van der Waals surface area contributed by atoms with E-state index in [4.69, 9.17) is 0 Å². The SMILES string of the molecule is Cc1ccc2nc(Nc3ccccc3N(C)C)sc2c1. The smallest absolute Gasteiger partial charge is 0.188 e. The second-order valence-electron chi connectivity index (χ2n) is 5.03. The summed E-state index contributed by atoms with van der Waals surface area (Å²) in [6.45, 7) is 2.10. The Labute approximate surface area is 122 Å². The van der Waals surface area contributed by atoms with Gasteiger partial charge >= 0.3 is 0 Å². The fourth-order valence-electron chi connectivity index (χ4n) is 2.17. The topological polar surface area (TPSA) is 28.2 Å². The molecule has 102 valence electrons. The van der Waals surface area contributed by atoms with Crippen molar-refractivity contribution < 1.29 is 0 Å². The lowest BCUT2D eigenvalue weighted by Gasteiger charge is -2.17. The maximum atomic E-state index is 4.64. The van der Waals surface area contributed by atoms with E-state index in [1.807, 2.05) is 26.2 Å². The van der Waals surface area contributed by atoms with Crippen LogP contribution >= 0.6 is 11.3 Å². The Morgan fingerprint density at radius 2 is 1.90 bits per heavy atom. The molecule has 1 aromatic heterocycles. The van der Waals surface area contributed by atoms with E-state index in [1.165, 1.54) is 10.3 Å². The Balaban J connectivity index is 1.97. The quantitative estimate of drug-likeness (QED) is 0.771. The van der Waals surface area contributed by atoms with Crippen LogP contribution in [0.2, 0.25) is 0 Å². The first-order chi connectivity index (χ1) is 9.63. The van der Waals surface area contributed by atoms with Crippen molar-refractivity contribution in [3.8, 4) is 0 Å². The Kier molecular flexibility index (Phi) is 3.32. The highest BCUT2D eigenvalue weighted by Crippen LogP contribution is 2.32. The Morgan fingerprint density at radius 1 is 1.10 bits per heavy atom. The summed E-state index contributed by atoms with van der Waals surface area (Å²) >= 11 is 1.69. The molecular formula is C16H17N3S. The van der Waals surface area contributed by atoms with Gasteiger partial charge in [-0.05, 0) is 36.8 Å². The summed E-state index contributed by atoms with van der Waals surface area (Å²) in [5.41, 5.74) is 4.54. The number of fused-ring (bicyclic) bond motifs is 1. The van der Waals surface area contributed by atoms with Crippen molar-refractivity contribution in [2.24, 2.45) is 0 Å². The first-order valence-electron chi connectivity index (χ1n) is 6.54. The molecule has 0 atom stereocenters. The van der Waals surface area contributed by atoms with Crippen LogP contribution in [0.3, 0.4) is 0 Å². The summed E-state index contributed by atoms with van der Waals surface area (Å²) in [6, 6.07) is 14.6. The third kappa shape index (κ3) is 2.47. The van der Waals surface area contributed by atoms with Crippen LogP contribution in [0.5, 0.6) is 0 Å². The summed E-state index contributed by atoms with van der Waals surface area (Å²) < 4.78 is 1.22. The van der Waals surface area contributed by atoms with Gasteiger partial charge < -0.3 is 10.2 Å². The van der Waals surface area contributed by atoms with Gasteiger partial charge in [0.2, 0.25) is 0 Å². The van der Waals surface area contributed by atoms with E-state index in [-0.39, 0.29) is 0 Å². The molecule has 0 spiro atoms. The van der Waals surface area contributed by atoms with Gasteiger partial charge in [0.05, 0.1) is 21.6 Å². The van der Waals surface area contributed by atoms with Crippen molar-refractivity contribution in [3.05, 3.63) is 48.0 Å². The Bertz CT molecular complexity index is 746. The van der Waals surface area contributed by atoms with Gasteiger partial charge in [0.25, 0.3) is 0 Å². The molecule has 0 fully saturated rings. The van der Waals surface area contributed by atoms with E-state index < -0.39 is 0 Å². The average Bonchev–Trinajstić information content (AvgIpc) is 2.80. The summed E-state index contributed by atoms with van der Waals surface area (Å²) in [6.07, 6.45) is 0. The summed E-state index contributed by atoms with van der Waals surface area (Å²) in [7, 11) is 4.09. The summed E-state index contributed by atoms with van der Waals surface area (Å²) in [4.78, 5) is 6.74. The van der Waals surface area contributed by atoms with Gasteiger partial charge in [-0.3, -0.25) is 0 Å². The van der Waals surface area contributed by atoms with Gasteiger partial charge in [0.15, 0.2) is 5.13 Å². The Hall–Kier alpha value is -2.07. The van der Waals surface area contributed by atoms with E-state index in [1.54, 1.807) is 11.3 Å². The number of thiazole rings is 1. The molecule has 3 rings (SSSR count). The minimum absolute atomic E-state index is 0.930. The molecule has 20 heavy (non-hydrogen) atoms. The summed E-state index contributed by atoms with van der Waals surface area (Å²) in [5, 5.41) is 4.36. The number of aryl methyl sites for hydroxylation is 1. The highest BCUT2D eigenvalue weighted by molar-refractivity contribution is 7.22. The Morgan fingerprint density at radius 3 is 2.70 bits per heavy atom. The van der Waals surface area contributed by atoms with E-state index >= 15 is 0 Å². The lowest BCUT2D eigenvalue weighted by molar-refractivity contribution is 1.13. The van der Waals surface area contributed by atoms with Crippen molar-refractivity contribution in [1.29, 1.82) is 0 Å². The zero-order valence-electron chi connectivity index (χ0n) is 11.8. The predicted molar refractivity (Wildman–Crippen MR) is 88.4 cm³/mol. The number of benzene rings is 2. The zero-order valence-corrected chi connectivity index (χ0v) is 12.7. The zero-order chi connectivity index (χ0) is 14.1. The van der Waals surface area contributed by atoms with Gasteiger partial charge in [0, 0.05) is 14.1 Å². The van der Waals surface area contributed by atoms with Gasteiger partial charge in [-0.25, -0.2) is 4.98 Å². The maximum absolute atomic E-state index is 4.64. The number of anilines is 3. The molecular weight excluding hydrogens is 266 g/mol. The normalized spacial score (nSPS) is 10.8. The van der Waals surface area contributed by atoms with Crippen molar-refractivity contribution in [3.63, 3.8) is 0 Å². The van der Waals surface area contributed by atoms with E-state index in [9.17, 15) is 0 Å². The number of rotatable bonds is 3. The van der Waals surface area contributed by atoms with E-state index in [0.717, 1.165) is 22.0 Å². The minimum Gasteiger partial charge on any atom is -0.376 e. The average molecular weight is 283 g/mol. The minimum atomic E-state index is 0.930. The van der Waals surface area contributed by atoms with Crippen LogP contribution in [0, 0.1) is 6.92 Å². The molecule has 4 heteroatoms. The fraction of sp³-hybridized carbons (Fsp3) is 0.188. The molecule has 0 radical (unpaired) electrons. The molecule has 0 aliphatic heterocycles. The second-order valence-corrected chi connectivity index (χ2v) is 6.06.